The van der Waals surface area contributed by atoms with Gasteiger partial charge in [0.1, 0.15) is 5.78 Å². The molecule has 0 fully saturated rings. The smallest absolute Gasteiger partial charge is 0.303 e. The van der Waals surface area contributed by atoms with Crippen LogP contribution in [0.5, 0.6) is 0 Å². The van der Waals surface area contributed by atoms with Gasteiger partial charge in [0.25, 0.3) is 0 Å². The van der Waals surface area contributed by atoms with E-state index in [-0.39, 0.29) is 18.6 Å². The van der Waals surface area contributed by atoms with Gasteiger partial charge >= 0.3 is 5.97 Å². The minimum atomic E-state index is -1.36. The molecule has 0 unspecified atom stereocenters. The molecular formula is C17H34O4Si. The van der Waals surface area contributed by atoms with Gasteiger partial charge in [-0.25, -0.2) is 0 Å². The van der Waals surface area contributed by atoms with Crippen LogP contribution in [-0.4, -0.2) is 32.3 Å². The number of aliphatic carboxylic acids is 1. The van der Waals surface area contributed by atoms with Gasteiger partial charge in [0.15, 0.2) is 8.32 Å². The lowest BCUT2D eigenvalue weighted by atomic mass is 10.0. The first-order valence-electron chi connectivity index (χ1n) is 8.66. The monoisotopic (exact) mass is 330 g/mol. The summed E-state index contributed by atoms with van der Waals surface area (Å²) < 4.78 is 5.54. The van der Waals surface area contributed by atoms with Crippen LogP contribution in [0.2, 0.25) is 19.1 Å². The Kier molecular flexibility index (Phi) is 12.4. The Morgan fingerprint density at radius 2 is 1.32 bits per heavy atom. The Morgan fingerprint density at radius 1 is 0.818 bits per heavy atom. The summed E-state index contributed by atoms with van der Waals surface area (Å²) in [5, 5.41) is 8.49. The van der Waals surface area contributed by atoms with Crippen molar-refractivity contribution in [3.63, 3.8) is 0 Å². The molecule has 0 rings (SSSR count). The molecule has 0 aromatic carbocycles. The van der Waals surface area contributed by atoms with Crippen LogP contribution in [0.15, 0.2) is 0 Å². The number of carbonyl (C=O) groups is 2. The van der Waals surface area contributed by atoms with Gasteiger partial charge in [-0.15, -0.1) is 0 Å². The van der Waals surface area contributed by atoms with Crippen LogP contribution >= 0.6 is 0 Å². The molecule has 0 aliphatic rings. The zero-order valence-electron chi connectivity index (χ0n) is 14.7. The maximum atomic E-state index is 11.4. The summed E-state index contributed by atoms with van der Waals surface area (Å²) in [6.07, 6.45) is 10.3. The number of unbranched alkanes of at least 4 members (excludes halogenated alkanes) is 7. The Labute approximate surface area is 136 Å². The maximum absolute atomic E-state index is 11.4. The van der Waals surface area contributed by atoms with Gasteiger partial charge in [0.2, 0.25) is 0 Å². The third-order valence-corrected chi connectivity index (χ3v) is 6.82. The standard InChI is InChI=1S/C17H34O4Si/c1-21-22(2,3)15-11-9-7-5-4-6-8-10-12-16(18)13-14-17(19)20/h4-15H2,1-3H3,(H,19,20). The second-order valence-electron chi connectivity index (χ2n) is 6.72. The molecule has 0 bridgehead atoms. The van der Waals surface area contributed by atoms with E-state index in [4.69, 9.17) is 9.53 Å². The summed E-state index contributed by atoms with van der Waals surface area (Å²) in [6, 6.07) is 1.25. The first-order chi connectivity index (χ1) is 10.4. The number of hydrogen-bond acceptors (Lipinski definition) is 3. The molecule has 0 heterocycles. The highest BCUT2D eigenvalue weighted by molar-refractivity contribution is 6.71. The average Bonchev–Trinajstić information content (AvgIpc) is 2.47. The second kappa shape index (κ2) is 12.8. The number of rotatable bonds is 15. The Bertz CT molecular complexity index is 316. The Hall–Kier alpha value is -0.683. The molecular weight excluding hydrogens is 296 g/mol. The zero-order valence-corrected chi connectivity index (χ0v) is 15.7. The van der Waals surface area contributed by atoms with E-state index in [1.807, 2.05) is 7.11 Å². The maximum Gasteiger partial charge on any atom is 0.303 e. The van der Waals surface area contributed by atoms with Crippen molar-refractivity contribution < 1.29 is 19.1 Å². The lowest BCUT2D eigenvalue weighted by Gasteiger charge is -2.19. The predicted molar refractivity (Wildman–Crippen MR) is 92.7 cm³/mol. The van der Waals surface area contributed by atoms with E-state index in [1.165, 1.54) is 44.6 Å². The lowest BCUT2D eigenvalue weighted by Crippen LogP contribution is -2.27. The molecule has 0 aromatic heterocycles. The summed E-state index contributed by atoms with van der Waals surface area (Å²) in [4.78, 5) is 21.7. The van der Waals surface area contributed by atoms with Crippen LogP contribution in [-0.2, 0) is 14.0 Å². The van der Waals surface area contributed by atoms with Gasteiger partial charge < -0.3 is 9.53 Å². The molecule has 22 heavy (non-hydrogen) atoms. The van der Waals surface area contributed by atoms with E-state index < -0.39 is 14.3 Å². The van der Waals surface area contributed by atoms with Crippen LogP contribution in [0, 0.1) is 0 Å². The van der Waals surface area contributed by atoms with E-state index in [2.05, 4.69) is 13.1 Å². The minimum Gasteiger partial charge on any atom is -0.481 e. The third-order valence-electron chi connectivity index (χ3n) is 4.15. The molecule has 0 saturated carbocycles. The summed E-state index contributed by atoms with van der Waals surface area (Å²) in [6.45, 7) is 4.54. The Balaban J connectivity index is 3.27. The summed E-state index contributed by atoms with van der Waals surface area (Å²) in [7, 11) is 0.475. The van der Waals surface area contributed by atoms with E-state index >= 15 is 0 Å². The SMILES string of the molecule is CO[Si](C)(C)CCCCCCCCCCC(=O)CCC(=O)O. The van der Waals surface area contributed by atoms with Crippen molar-refractivity contribution in [1.29, 1.82) is 0 Å². The van der Waals surface area contributed by atoms with E-state index in [0.29, 0.717) is 6.42 Å². The molecule has 4 nitrogen and oxygen atoms in total. The largest absolute Gasteiger partial charge is 0.481 e. The molecule has 0 radical (unpaired) electrons. The molecule has 0 aromatic rings. The summed E-state index contributed by atoms with van der Waals surface area (Å²) >= 11 is 0. The number of ketones is 1. The van der Waals surface area contributed by atoms with Crippen LogP contribution in [0.4, 0.5) is 0 Å². The molecule has 5 heteroatoms. The normalized spacial score (nSPS) is 11.6. The van der Waals surface area contributed by atoms with Gasteiger partial charge in [-0.2, -0.15) is 0 Å². The highest BCUT2D eigenvalue weighted by Crippen LogP contribution is 2.17. The summed E-state index contributed by atoms with van der Waals surface area (Å²) in [5.41, 5.74) is 0. The van der Waals surface area contributed by atoms with Crippen molar-refractivity contribution >= 4 is 20.1 Å². The van der Waals surface area contributed by atoms with Crippen LogP contribution in [0.3, 0.4) is 0 Å². The minimum absolute atomic E-state index is 0.0262. The molecule has 0 aliphatic heterocycles. The first kappa shape index (κ1) is 21.3. The highest BCUT2D eigenvalue weighted by atomic mass is 28.4. The van der Waals surface area contributed by atoms with E-state index in [9.17, 15) is 9.59 Å². The van der Waals surface area contributed by atoms with Crippen LogP contribution < -0.4 is 0 Å². The van der Waals surface area contributed by atoms with Crippen molar-refractivity contribution in [2.75, 3.05) is 7.11 Å². The van der Waals surface area contributed by atoms with E-state index in [0.717, 1.165) is 12.8 Å². The number of hydrogen-bond donors (Lipinski definition) is 1. The lowest BCUT2D eigenvalue weighted by molar-refractivity contribution is -0.138. The third kappa shape index (κ3) is 14.3. The molecule has 0 atom stereocenters. The quantitative estimate of drug-likeness (QED) is 0.346. The van der Waals surface area contributed by atoms with Crippen LogP contribution in [0.25, 0.3) is 0 Å². The van der Waals surface area contributed by atoms with Crippen molar-refractivity contribution in [3.8, 4) is 0 Å². The van der Waals surface area contributed by atoms with E-state index in [1.54, 1.807) is 0 Å². The number of carboxylic acids is 1. The molecule has 0 aliphatic carbocycles. The van der Waals surface area contributed by atoms with Gasteiger partial charge in [-0.05, 0) is 25.6 Å². The number of carboxylic acid groups (broad SMARTS) is 1. The number of Topliss-reactive ketones (excluding diaryl/α,β-unsaturated/α-hetero) is 1. The predicted octanol–water partition coefficient (Wildman–Crippen LogP) is 4.78. The van der Waals surface area contributed by atoms with Gasteiger partial charge in [-0.1, -0.05) is 44.9 Å². The average molecular weight is 331 g/mol. The zero-order chi connectivity index (χ0) is 16.8. The number of carbonyl (C=O) groups excluding carboxylic acids is 1. The fourth-order valence-corrected chi connectivity index (χ4v) is 3.71. The summed E-state index contributed by atoms with van der Waals surface area (Å²) in [5.74, 6) is -0.794. The molecule has 130 valence electrons. The van der Waals surface area contributed by atoms with Gasteiger partial charge in [-0.3, -0.25) is 9.59 Å². The van der Waals surface area contributed by atoms with Crippen molar-refractivity contribution in [3.05, 3.63) is 0 Å². The van der Waals surface area contributed by atoms with Gasteiger partial charge in [0, 0.05) is 20.0 Å². The topological polar surface area (TPSA) is 63.6 Å². The first-order valence-corrected chi connectivity index (χ1v) is 11.8. The molecule has 0 saturated heterocycles. The fourth-order valence-electron chi connectivity index (χ4n) is 2.41. The molecule has 1 N–H and O–H groups in total. The fraction of sp³-hybridized carbons (Fsp3) is 0.882. The van der Waals surface area contributed by atoms with Crippen molar-refractivity contribution in [2.24, 2.45) is 0 Å². The van der Waals surface area contributed by atoms with Crippen LogP contribution in [0.1, 0.15) is 70.6 Å². The highest BCUT2D eigenvalue weighted by Gasteiger charge is 2.19. The van der Waals surface area contributed by atoms with Crippen molar-refractivity contribution in [1.82, 2.24) is 0 Å². The van der Waals surface area contributed by atoms with Crippen molar-refractivity contribution in [2.45, 2.75) is 89.8 Å². The molecule has 0 spiro atoms. The molecule has 0 amide bonds. The second-order valence-corrected chi connectivity index (χ2v) is 11.2. The van der Waals surface area contributed by atoms with Gasteiger partial charge in [0.05, 0.1) is 6.42 Å². The Morgan fingerprint density at radius 3 is 1.82 bits per heavy atom.